The highest BCUT2D eigenvalue weighted by Crippen LogP contribution is 2.35. The Bertz CT molecular complexity index is 1410. The molecule has 0 unspecified atom stereocenters. The summed E-state index contributed by atoms with van der Waals surface area (Å²) >= 11 is 2.24. The lowest BCUT2D eigenvalue weighted by Crippen LogP contribution is -2.28. The number of hydrogen-bond donors (Lipinski definition) is 3. The van der Waals surface area contributed by atoms with Crippen molar-refractivity contribution in [3.05, 3.63) is 89.6 Å². The molecule has 8 nitrogen and oxygen atoms in total. The predicted octanol–water partition coefficient (Wildman–Crippen LogP) is 6.04. The fraction of sp³-hybridized carbons (Fsp3) is 0.179. The van der Waals surface area contributed by atoms with E-state index in [0.29, 0.717) is 51.3 Å². The maximum atomic E-state index is 12.7. The van der Waals surface area contributed by atoms with Gasteiger partial charge in [0, 0.05) is 41.4 Å². The van der Waals surface area contributed by atoms with Crippen molar-refractivity contribution in [3.63, 3.8) is 0 Å². The summed E-state index contributed by atoms with van der Waals surface area (Å²) in [6.07, 6.45) is 1.66. The summed E-state index contributed by atoms with van der Waals surface area (Å²) < 4.78 is 12.9. The minimum atomic E-state index is -0.271. The minimum Gasteiger partial charge on any atom is -0.488 e. The number of halogens is 1. The first kappa shape index (κ1) is 26.2. The van der Waals surface area contributed by atoms with Crippen LogP contribution in [-0.2, 0) is 11.0 Å². The molecule has 3 amide bonds. The summed E-state index contributed by atoms with van der Waals surface area (Å²) in [6.45, 7) is 2.73. The molecule has 0 spiro atoms. The summed E-state index contributed by atoms with van der Waals surface area (Å²) in [5.74, 6) is 1.32. The topological polar surface area (TPSA) is 102 Å². The number of benzene rings is 3. The van der Waals surface area contributed by atoms with E-state index in [1.807, 2.05) is 49.4 Å². The number of alkyl halides is 1. The zero-order chi connectivity index (χ0) is 26.2. The SMILES string of the molecule is CCNC(=O)Nc1ccc(Oc2ccnc3cc(OCc4ccccc4)c(C(=O)NC)cc23)cc1CI. The highest BCUT2D eigenvalue weighted by molar-refractivity contribution is 14.1. The van der Waals surface area contributed by atoms with Gasteiger partial charge in [-0.2, -0.15) is 0 Å². The van der Waals surface area contributed by atoms with Crippen molar-refractivity contribution in [1.82, 2.24) is 15.6 Å². The number of aromatic nitrogens is 1. The zero-order valence-corrected chi connectivity index (χ0v) is 22.7. The number of ether oxygens (including phenoxy) is 2. The second-order valence-electron chi connectivity index (χ2n) is 8.07. The van der Waals surface area contributed by atoms with Crippen LogP contribution in [0.2, 0.25) is 0 Å². The first-order valence-corrected chi connectivity index (χ1v) is 13.3. The third kappa shape index (κ3) is 6.48. The molecule has 0 radical (unpaired) electrons. The van der Waals surface area contributed by atoms with Crippen LogP contribution in [0.4, 0.5) is 10.5 Å². The van der Waals surface area contributed by atoms with Gasteiger partial charge in [-0.3, -0.25) is 9.78 Å². The number of nitrogens with zero attached hydrogens (tertiary/aromatic N) is 1. The van der Waals surface area contributed by atoms with Crippen LogP contribution in [0.3, 0.4) is 0 Å². The Morgan fingerprint density at radius 2 is 1.81 bits per heavy atom. The van der Waals surface area contributed by atoms with Crippen molar-refractivity contribution in [2.45, 2.75) is 18.0 Å². The molecule has 4 aromatic rings. The summed E-state index contributed by atoms with van der Waals surface area (Å²) in [5.41, 5.74) is 3.65. The molecule has 0 saturated heterocycles. The molecule has 9 heteroatoms. The molecule has 3 N–H and O–H groups in total. The molecule has 1 aromatic heterocycles. The molecule has 0 bridgehead atoms. The third-order valence-electron chi connectivity index (χ3n) is 5.55. The van der Waals surface area contributed by atoms with Crippen LogP contribution in [0.1, 0.15) is 28.4 Å². The number of urea groups is 1. The molecule has 3 aromatic carbocycles. The molecule has 190 valence electrons. The van der Waals surface area contributed by atoms with Crippen molar-refractivity contribution in [2.24, 2.45) is 0 Å². The van der Waals surface area contributed by atoms with E-state index in [2.05, 4.69) is 43.5 Å². The second-order valence-corrected chi connectivity index (χ2v) is 8.83. The molecule has 0 saturated carbocycles. The van der Waals surface area contributed by atoms with Gasteiger partial charge in [-0.15, -0.1) is 0 Å². The lowest BCUT2D eigenvalue weighted by Gasteiger charge is -2.15. The lowest BCUT2D eigenvalue weighted by molar-refractivity contribution is 0.0958. The van der Waals surface area contributed by atoms with Crippen LogP contribution >= 0.6 is 22.6 Å². The van der Waals surface area contributed by atoms with Gasteiger partial charge < -0.3 is 25.4 Å². The van der Waals surface area contributed by atoms with Gasteiger partial charge in [0.1, 0.15) is 23.9 Å². The van der Waals surface area contributed by atoms with Crippen LogP contribution in [-0.4, -0.2) is 30.5 Å². The average molecular weight is 610 g/mol. The first-order valence-electron chi connectivity index (χ1n) is 11.8. The molecule has 0 aliphatic carbocycles. The fourth-order valence-electron chi connectivity index (χ4n) is 3.72. The second kappa shape index (κ2) is 12.4. The van der Waals surface area contributed by atoms with Crippen molar-refractivity contribution in [2.75, 3.05) is 18.9 Å². The Hall–Kier alpha value is -3.86. The molecule has 0 aliphatic heterocycles. The smallest absolute Gasteiger partial charge is 0.319 e. The number of carbonyl (C=O) groups excluding carboxylic acids is 2. The number of nitrogens with one attached hydrogen (secondary N) is 3. The Morgan fingerprint density at radius 1 is 1.00 bits per heavy atom. The van der Waals surface area contributed by atoms with Crippen LogP contribution in [0.5, 0.6) is 17.2 Å². The number of anilines is 1. The fourth-order valence-corrected chi connectivity index (χ4v) is 4.36. The van der Waals surface area contributed by atoms with Crippen molar-refractivity contribution in [1.29, 1.82) is 0 Å². The minimum absolute atomic E-state index is 0.255. The molecule has 37 heavy (non-hydrogen) atoms. The molecule has 1 heterocycles. The molecule has 0 fully saturated rings. The monoisotopic (exact) mass is 610 g/mol. The Balaban J connectivity index is 1.65. The number of rotatable bonds is 9. The number of fused-ring (bicyclic) bond motifs is 1. The number of hydrogen-bond acceptors (Lipinski definition) is 5. The highest BCUT2D eigenvalue weighted by atomic mass is 127. The summed E-state index contributed by atoms with van der Waals surface area (Å²) in [7, 11) is 1.58. The van der Waals surface area contributed by atoms with E-state index < -0.39 is 0 Å². The van der Waals surface area contributed by atoms with Gasteiger partial charge in [-0.25, -0.2) is 4.79 Å². The lowest BCUT2D eigenvalue weighted by atomic mass is 10.1. The standard InChI is InChI=1S/C28H27IN4O4/c1-3-31-28(35)33-23-10-9-20(13-19(23)16-29)37-25-11-12-32-24-15-26(22(14-21(24)25)27(34)30-2)36-17-18-7-5-4-6-8-18/h4-15H,3,16-17H2,1-2H3,(H,30,34)(H2,31,33,35). The number of pyridine rings is 1. The normalized spacial score (nSPS) is 10.6. The van der Waals surface area contributed by atoms with E-state index in [-0.39, 0.29) is 11.9 Å². The summed E-state index contributed by atoms with van der Waals surface area (Å²) in [4.78, 5) is 29.2. The maximum Gasteiger partial charge on any atom is 0.319 e. The first-order chi connectivity index (χ1) is 18.0. The van der Waals surface area contributed by atoms with E-state index in [1.54, 1.807) is 37.5 Å². The maximum absolute atomic E-state index is 12.7. The quantitative estimate of drug-likeness (QED) is 0.159. The van der Waals surface area contributed by atoms with Crippen molar-refractivity contribution >= 4 is 51.1 Å². The largest absolute Gasteiger partial charge is 0.488 e. The van der Waals surface area contributed by atoms with Crippen molar-refractivity contribution < 1.29 is 19.1 Å². The van der Waals surface area contributed by atoms with Gasteiger partial charge in [-0.05, 0) is 48.4 Å². The van der Waals surface area contributed by atoms with Gasteiger partial charge >= 0.3 is 6.03 Å². The van der Waals surface area contributed by atoms with Gasteiger partial charge in [-0.1, -0.05) is 52.9 Å². The van der Waals surface area contributed by atoms with E-state index in [0.717, 1.165) is 16.8 Å². The predicted molar refractivity (Wildman–Crippen MR) is 153 cm³/mol. The average Bonchev–Trinajstić information content (AvgIpc) is 2.92. The van der Waals surface area contributed by atoms with E-state index >= 15 is 0 Å². The van der Waals surface area contributed by atoms with Gasteiger partial charge in [0.15, 0.2) is 0 Å². The highest BCUT2D eigenvalue weighted by Gasteiger charge is 2.17. The van der Waals surface area contributed by atoms with E-state index in [9.17, 15) is 9.59 Å². The molecule has 4 rings (SSSR count). The molecule has 0 aliphatic rings. The Labute approximate surface area is 228 Å². The summed E-state index contributed by atoms with van der Waals surface area (Å²) in [5, 5.41) is 8.94. The van der Waals surface area contributed by atoms with Crippen LogP contribution in [0.15, 0.2) is 72.9 Å². The summed E-state index contributed by atoms with van der Waals surface area (Å²) in [6, 6.07) is 20.2. The molecular formula is C28H27IN4O4. The van der Waals surface area contributed by atoms with Crippen molar-refractivity contribution in [3.8, 4) is 17.2 Å². The Morgan fingerprint density at radius 3 is 2.54 bits per heavy atom. The van der Waals surface area contributed by atoms with E-state index in [4.69, 9.17) is 9.47 Å². The van der Waals surface area contributed by atoms with E-state index in [1.165, 1.54) is 0 Å². The molecule has 0 atom stereocenters. The van der Waals surface area contributed by atoms with Crippen LogP contribution < -0.4 is 25.4 Å². The van der Waals surface area contributed by atoms with Crippen LogP contribution in [0, 0.1) is 0 Å². The molecular weight excluding hydrogens is 583 g/mol. The van der Waals surface area contributed by atoms with Gasteiger partial charge in [0.05, 0.1) is 11.1 Å². The van der Waals surface area contributed by atoms with Gasteiger partial charge in [0.2, 0.25) is 0 Å². The Kier molecular flexibility index (Phi) is 8.78. The number of carbonyl (C=O) groups is 2. The number of amides is 3. The van der Waals surface area contributed by atoms with Crippen LogP contribution in [0.25, 0.3) is 10.9 Å². The van der Waals surface area contributed by atoms with Gasteiger partial charge in [0.25, 0.3) is 5.91 Å². The zero-order valence-electron chi connectivity index (χ0n) is 20.5. The third-order valence-corrected chi connectivity index (χ3v) is 6.37.